The SMILES string of the molecule is NCCn1cc(C(=O)NC2CCCCNC2=O)nn1. The maximum absolute atomic E-state index is 12.0. The predicted octanol–water partition coefficient (Wildman–Crippen LogP) is -1.36. The molecule has 0 spiro atoms. The van der Waals surface area contributed by atoms with E-state index < -0.39 is 6.04 Å². The van der Waals surface area contributed by atoms with Gasteiger partial charge >= 0.3 is 0 Å². The zero-order valence-corrected chi connectivity index (χ0v) is 10.6. The van der Waals surface area contributed by atoms with Crippen LogP contribution in [0.3, 0.4) is 0 Å². The normalized spacial score (nSPS) is 19.6. The summed E-state index contributed by atoms with van der Waals surface area (Å²) in [4.78, 5) is 23.7. The molecule has 0 aromatic carbocycles. The lowest BCUT2D eigenvalue weighted by molar-refractivity contribution is -0.122. The van der Waals surface area contributed by atoms with Crippen LogP contribution in [0.5, 0.6) is 0 Å². The Morgan fingerprint density at radius 3 is 3.21 bits per heavy atom. The Kier molecular flexibility index (Phi) is 4.45. The molecule has 0 aliphatic carbocycles. The molecule has 1 aliphatic rings. The second kappa shape index (κ2) is 6.28. The van der Waals surface area contributed by atoms with Crippen molar-refractivity contribution in [3.8, 4) is 0 Å². The van der Waals surface area contributed by atoms with Crippen LogP contribution in [-0.2, 0) is 11.3 Å². The lowest BCUT2D eigenvalue weighted by atomic mass is 10.1. The molecule has 1 aliphatic heterocycles. The van der Waals surface area contributed by atoms with Crippen molar-refractivity contribution >= 4 is 11.8 Å². The summed E-state index contributed by atoms with van der Waals surface area (Å²) in [6.07, 6.45) is 4.01. The molecule has 0 bridgehead atoms. The first-order valence-corrected chi connectivity index (χ1v) is 6.39. The Hall–Kier alpha value is -1.96. The number of hydrogen-bond donors (Lipinski definition) is 3. The van der Waals surface area contributed by atoms with Gasteiger partial charge in [0.05, 0.1) is 12.7 Å². The van der Waals surface area contributed by atoms with Crippen molar-refractivity contribution in [2.75, 3.05) is 13.1 Å². The molecular weight excluding hydrogens is 248 g/mol. The second-order valence-electron chi connectivity index (χ2n) is 4.47. The first kappa shape index (κ1) is 13.5. The molecule has 1 unspecified atom stereocenters. The summed E-state index contributed by atoms with van der Waals surface area (Å²) >= 11 is 0. The third kappa shape index (κ3) is 3.50. The minimum absolute atomic E-state index is 0.139. The van der Waals surface area contributed by atoms with E-state index in [1.165, 1.54) is 10.9 Å². The highest BCUT2D eigenvalue weighted by atomic mass is 16.2. The number of nitrogens with one attached hydrogen (secondary N) is 2. The van der Waals surface area contributed by atoms with Crippen molar-refractivity contribution in [2.24, 2.45) is 5.73 Å². The van der Waals surface area contributed by atoms with Crippen LogP contribution >= 0.6 is 0 Å². The number of aromatic nitrogens is 3. The fourth-order valence-corrected chi connectivity index (χ4v) is 1.95. The maximum Gasteiger partial charge on any atom is 0.274 e. The van der Waals surface area contributed by atoms with Crippen LogP contribution in [0.15, 0.2) is 6.20 Å². The van der Waals surface area contributed by atoms with Crippen molar-refractivity contribution in [1.29, 1.82) is 0 Å². The highest BCUT2D eigenvalue weighted by Gasteiger charge is 2.23. The quantitative estimate of drug-likeness (QED) is 0.622. The van der Waals surface area contributed by atoms with Crippen molar-refractivity contribution < 1.29 is 9.59 Å². The van der Waals surface area contributed by atoms with Gasteiger partial charge in [0.25, 0.3) is 5.91 Å². The topological polar surface area (TPSA) is 115 Å². The first-order valence-electron chi connectivity index (χ1n) is 6.39. The smallest absolute Gasteiger partial charge is 0.274 e. The van der Waals surface area contributed by atoms with Crippen LogP contribution < -0.4 is 16.4 Å². The summed E-state index contributed by atoms with van der Waals surface area (Å²) in [6, 6.07) is -0.491. The zero-order chi connectivity index (χ0) is 13.7. The van der Waals surface area contributed by atoms with E-state index in [1.807, 2.05) is 0 Å². The number of rotatable bonds is 4. The number of nitrogens with two attached hydrogens (primary N) is 1. The summed E-state index contributed by atoms with van der Waals surface area (Å²) in [6.45, 7) is 1.59. The third-order valence-electron chi connectivity index (χ3n) is 2.97. The molecule has 8 nitrogen and oxygen atoms in total. The Bertz CT molecular complexity index is 458. The highest BCUT2D eigenvalue weighted by Crippen LogP contribution is 2.06. The van der Waals surface area contributed by atoms with Crippen LogP contribution in [0, 0.1) is 0 Å². The minimum atomic E-state index is -0.491. The van der Waals surface area contributed by atoms with E-state index in [0.29, 0.717) is 26.1 Å². The van der Waals surface area contributed by atoms with Gasteiger partial charge in [-0.2, -0.15) is 0 Å². The van der Waals surface area contributed by atoms with Crippen LogP contribution in [0.25, 0.3) is 0 Å². The molecule has 4 N–H and O–H groups in total. The molecule has 2 rings (SSSR count). The number of carbonyl (C=O) groups is 2. The molecule has 1 saturated heterocycles. The predicted molar refractivity (Wildman–Crippen MR) is 67.2 cm³/mol. The molecule has 1 aromatic heterocycles. The Balaban J connectivity index is 1.96. The molecule has 0 saturated carbocycles. The lowest BCUT2D eigenvalue weighted by Crippen LogP contribution is -2.45. The van der Waals surface area contributed by atoms with Gasteiger partial charge in [-0.15, -0.1) is 5.10 Å². The van der Waals surface area contributed by atoms with Gasteiger partial charge in [-0.3, -0.25) is 14.3 Å². The molecule has 1 fully saturated rings. The second-order valence-corrected chi connectivity index (χ2v) is 4.47. The van der Waals surface area contributed by atoms with E-state index >= 15 is 0 Å². The van der Waals surface area contributed by atoms with E-state index in [2.05, 4.69) is 20.9 Å². The monoisotopic (exact) mass is 266 g/mol. The molecule has 8 heteroatoms. The zero-order valence-electron chi connectivity index (χ0n) is 10.6. The highest BCUT2D eigenvalue weighted by molar-refractivity contribution is 5.95. The number of carbonyl (C=O) groups excluding carboxylic acids is 2. The molecular formula is C11H18N6O2. The van der Waals surface area contributed by atoms with E-state index in [0.717, 1.165) is 12.8 Å². The van der Waals surface area contributed by atoms with E-state index in [1.54, 1.807) is 0 Å². The van der Waals surface area contributed by atoms with Crippen molar-refractivity contribution in [1.82, 2.24) is 25.6 Å². The maximum atomic E-state index is 12.0. The van der Waals surface area contributed by atoms with Crippen LogP contribution in [0.1, 0.15) is 29.8 Å². The minimum Gasteiger partial charge on any atom is -0.354 e. The van der Waals surface area contributed by atoms with Crippen LogP contribution in [0.4, 0.5) is 0 Å². The largest absolute Gasteiger partial charge is 0.354 e. The van der Waals surface area contributed by atoms with Gasteiger partial charge in [0.15, 0.2) is 5.69 Å². The van der Waals surface area contributed by atoms with Gasteiger partial charge in [-0.05, 0) is 19.3 Å². The average molecular weight is 266 g/mol. The summed E-state index contributed by atoms with van der Waals surface area (Å²) in [5.74, 6) is -0.523. The van der Waals surface area contributed by atoms with Gasteiger partial charge < -0.3 is 16.4 Å². The molecule has 1 atom stereocenters. The van der Waals surface area contributed by atoms with Gasteiger partial charge in [-0.1, -0.05) is 5.21 Å². The van der Waals surface area contributed by atoms with Crippen LogP contribution in [-0.4, -0.2) is 45.9 Å². The summed E-state index contributed by atoms with van der Waals surface area (Å²) in [7, 11) is 0. The molecule has 0 radical (unpaired) electrons. The molecule has 19 heavy (non-hydrogen) atoms. The van der Waals surface area contributed by atoms with Crippen molar-refractivity contribution in [2.45, 2.75) is 31.8 Å². The average Bonchev–Trinajstić information content (AvgIpc) is 2.77. The van der Waals surface area contributed by atoms with E-state index in [-0.39, 0.29) is 17.5 Å². The molecule has 2 heterocycles. The van der Waals surface area contributed by atoms with Gasteiger partial charge in [0.2, 0.25) is 5.91 Å². The Morgan fingerprint density at radius 1 is 1.58 bits per heavy atom. The van der Waals surface area contributed by atoms with Gasteiger partial charge in [-0.25, -0.2) is 0 Å². The number of nitrogens with zero attached hydrogens (tertiary/aromatic N) is 3. The Labute approximate surface area is 110 Å². The fraction of sp³-hybridized carbons (Fsp3) is 0.636. The van der Waals surface area contributed by atoms with Gasteiger partial charge in [0, 0.05) is 13.1 Å². The van der Waals surface area contributed by atoms with Crippen molar-refractivity contribution in [3.05, 3.63) is 11.9 Å². The molecule has 2 amide bonds. The summed E-state index contributed by atoms with van der Waals surface area (Å²) in [5, 5.41) is 13.0. The molecule has 1 aromatic rings. The molecule has 104 valence electrons. The Morgan fingerprint density at radius 2 is 2.42 bits per heavy atom. The standard InChI is InChI=1S/C11H18N6O2/c12-4-6-17-7-9(15-16-17)11(19)14-8-3-1-2-5-13-10(8)18/h7-8H,1-6,12H2,(H,13,18)(H,14,19). The van der Waals surface area contributed by atoms with Crippen LogP contribution in [0.2, 0.25) is 0 Å². The van der Waals surface area contributed by atoms with E-state index in [9.17, 15) is 9.59 Å². The third-order valence-corrected chi connectivity index (χ3v) is 2.97. The van der Waals surface area contributed by atoms with E-state index in [4.69, 9.17) is 5.73 Å². The fourth-order valence-electron chi connectivity index (χ4n) is 1.95. The number of hydrogen-bond acceptors (Lipinski definition) is 5. The number of amides is 2. The lowest BCUT2D eigenvalue weighted by Gasteiger charge is -2.13. The van der Waals surface area contributed by atoms with Gasteiger partial charge in [0.1, 0.15) is 6.04 Å². The summed E-state index contributed by atoms with van der Waals surface area (Å²) < 4.78 is 1.50. The summed E-state index contributed by atoms with van der Waals surface area (Å²) in [5.41, 5.74) is 5.59. The van der Waals surface area contributed by atoms with Crippen molar-refractivity contribution in [3.63, 3.8) is 0 Å². The first-order chi connectivity index (χ1) is 9.20.